The van der Waals surface area contributed by atoms with Crippen LogP contribution in [0.3, 0.4) is 0 Å². The van der Waals surface area contributed by atoms with Crippen molar-refractivity contribution in [1.82, 2.24) is 0 Å². The van der Waals surface area contributed by atoms with E-state index in [1.165, 1.54) is 6.08 Å². The smallest absolute Gasteiger partial charge is 0.108 e. The SMILES string of the molecule is C=C(C)/C=C\C(C)=C/CF. The lowest BCUT2D eigenvalue weighted by Crippen LogP contribution is -1.71. The summed E-state index contributed by atoms with van der Waals surface area (Å²) in [6, 6.07) is 0. The summed E-state index contributed by atoms with van der Waals surface area (Å²) >= 11 is 0. The zero-order chi connectivity index (χ0) is 7.98. The molecular weight excluding hydrogens is 127 g/mol. The van der Waals surface area contributed by atoms with Crippen LogP contribution in [0.15, 0.2) is 36.0 Å². The monoisotopic (exact) mass is 140 g/mol. The predicted molar refractivity (Wildman–Crippen MR) is 43.7 cm³/mol. The van der Waals surface area contributed by atoms with Crippen LogP contribution in [0.5, 0.6) is 0 Å². The largest absolute Gasteiger partial charge is 0.247 e. The van der Waals surface area contributed by atoms with Gasteiger partial charge in [0.05, 0.1) is 0 Å². The molecule has 0 atom stereocenters. The first-order chi connectivity index (χ1) is 4.66. The molecule has 0 radical (unpaired) electrons. The fourth-order valence-corrected chi connectivity index (χ4v) is 0.463. The van der Waals surface area contributed by atoms with Gasteiger partial charge in [-0.2, -0.15) is 0 Å². The average molecular weight is 140 g/mol. The maximum Gasteiger partial charge on any atom is 0.108 e. The normalized spacial score (nSPS) is 12.5. The van der Waals surface area contributed by atoms with Crippen LogP contribution in [0.1, 0.15) is 13.8 Å². The molecule has 0 spiro atoms. The molecule has 0 amide bonds. The van der Waals surface area contributed by atoms with E-state index in [0.29, 0.717) is 0 Å². The summed E-state index contributed by atoms with van der Waals surface area (Å²) in [7, 11) is 0. The molecule has 0 bridgehead atoms. The van der Waals surface area contributed by atoms with Gasteiger partial charge in [0.2, 0.25) is 0 Å². The number of hydrogen-bond acceptors (Lipinski definition) is 0. The van der Waals surface area contributed by atoms with Gasteiger partial charge in [0, 0.05) is 0 Å². The van der Waals surface area contributed by atoms with Gasteiger partial charge in [-0.25, -0.2) is 4.39 Å². The first-order valence-electron chi connectivity index (χ1n) is 3.23. The number of alkyl halides is 1. The Morgan fingerprint density at radius 3 is 2.40 bits per heavy atom. The molecule has 0 aliphatic heterocycles. The molecule has 0 saturated carbocycles. The van der Waals surface area contributed by atoms with Gasteiger partial charge in [-0.15, -0.1) is 0 Å². The van der Waals surface area contributed by atoms with Gasteiger partial charge in [0.1, 0.15) is 6.67 Å². The van der Waals surface area contributed by atoms with Crippen LogP contribution in [0, 0.1) is 0 Å². The third-order valence-electron chi connectivity index (χ3n) is 1.03. The van der Waals surface area contributed by atoms with Gasteiger partial charge < -0.3 is 0 Å². The Kier molecular flexibility index (Phi) is 4.55. The molecule has 10 heavy (non-hydrogen) atoms. The quantitative estimate of drug-likeness (QED) is 0.528. The van der Waals surface area contributed by atoms with Crippen molar-refractivity contribution in [3.8, 4) is 0 Å². The van der Waals surface area contributed by atoms with Crippen LogP contribution < -0.4 is 0 Å². The number of rotatable bonds is 3. The fraction of sp³-hybridized carbons (Fsp3) is 0.333. The molecule has 0 aromatic rings. The second-order valence-electron chi connectivity index (χ2n) is 2.28. The molecule has 0 rings (SSSR count). The van der Waals surface area contributed by atoms with E-state index in [2.05, 4.69) is 6.58 Å². The van der Waals surface area contributed by atoms with Crippen LogP contribution in [-0.2, 0) is 0 Å². The molecule has 0 N–H and O–H groups in total. The standard InChI is InChI=1S/C9H13F/c1-8(2)4-5-9(3)6-7-10/h4-6H,1,7H2,2-3H3/b5-4-,9-6-. The molecule has 0 heterocycles. The number of hydrogen-bond donors (Lipinski definition) is 0. The number of halogens is 1. The summed E-state index contributed by atoms with van der Waals surface area (Å²) in [5, 5.41) is 0. The minimum atomic E-state index is -0.396. The van der Waals surface area contributed by atoms with Crippen molar-refractivity contribution >= 4 is 0 Å². The third kappa shape index (κ3) is 5.29. The first kappa shape index (κ1) is 9.15. The Bertz CT molecular complexity index is 164. The van der Waals surface area contributed by atoms with Crippen LogP contribution in [-0.4, -0.2) is 6.67 Å². The Hall–Kier alpha value is -0.850. The van der Waals surface area contributed by atoms with Gasteiger partial charge in [-0.05, 0) is 13.8 Å². The first-order valence-corrected chi connectivity index (χ1v) is 3.23. The summed E-state index contributed by atoms with van der Waals surface area (Å²) in [4.78, 5) is 0. The van der Waals surface area contributed by atoms with Gasteiger partial charge in [-0.1, -0.05) is 36.0 Å². The molecule has 56 valence electrons. The number of allylic oxidation sites excluding steroid dienone is 5. The van der Waals surface area contributed by atoms with Crippen LogP contribution in [0.2, 0.25) is 0 Å². The zero-order valence-electron chi connectivity index (χ0n) is 6.52. The Morgan fingerprint density at radius 2 is 2.00 bits per heavy atom. The summed E-state index contributed by atoms with van der Waals surface area (Å²) in [6.45, 7) is 7.05. The fourth-order valence-electron chi connectivity index (χ4n) is 0.463. The van der Waals surface area contributed by atoms with Gasteiger partial charge in [0.15, 0.2) is 0 Å². The predicted octanol–water partition coefficient (Wildman–Crippen LogP) is 3.03. The van der Waals surface area contributed by atoms with E-state index >= 15 is 0 Å². The van der Waals surface area contributed by atoms with Gasteiger partial charge >= 0.3 is 0 Å². The molecule has 0 aliphatic rings. The lowest BCUT2D eigenvalue weighted by atomic mass is 10.2. The van der Waals surface area contributed by atoms with E-state index in [1.807, 2.05) is 26.0 Å². The molecule has 0 aromatic heterocycles. The van der Waals surface area contributed by atoms with E-state index in [-0.39, 0.29) is 0 Å². The van der Waals surface area contributed by atoms with E-state index < -0.39 is 6.67 Å². The van der Waals surface area contributed by atoms with Crippen molar-refractivity contribution in [2.45, 2.75) is 13.8 Å². The highest BCUT2D eigenvalue weighted by atomic mass is 19.1. The Labute approximate surface area is 61.8 Å². The molecule has 0 fully saturated rings. The lowest BCUT2D eigenvalue weighted by Gasteiger charge is -1.88. The molecule has 0 unspecified atom stereocenters. The van der Waals surface area contributed by atoms with Gasteiger partial charge in [0.25, 0.3) is 0 Å². The molecule has 1 heteroatoms. The van der Waals surface area contributed by atoms with Crippen LogP contribution >= 0.6 is 0 Å². The Balaban J connectivity index is 3.89. The highest BCUT2D eigenvalue weighted by molar-refractivity contribution is 5.23. The minimum Gasteiger partial charge on any atom is -0.247 e. The van der Waals surface area contributed by atoms with Crippen molar-refractivity contribution in [2.24, 2.45) is 0 Å². The summed E-state index contributed by atoms with van der Waals surface area (Å²) < 4.78 is 11.6. The average Bonchev–Trinajstić information content (AvgIpc) is 1.85. The second kappa shape index (κ2) is 4.98. The zero-order valence-corrected chi connectivity index (χ0v) is 6.52. The second-order valence-corrected chi connectivity index (χ2v) is 2.28. The van der Waals surface area contributed by atoms with Gasteiger partial charge in [-0.3, -0.25) is 0 Å². The highest BCUT2D eigenvalue weighted by Crippen LogP contribution is 1.98. The van der Waals surface area contributed by atoms with E-state index in [0.717, 1.165) is 11.1 Å². The van der Waals surface area contributed by atoms with Crippen molar-refractivity contribution < 1.29 is 4.39 Å². The van der Waals surface area contributed by atoms with Crippen molar-refractivity contribution in [1.29, 1.82) is 0 Å². The summed E-state index contributed by atoms with van der Waals surface area (Å²) in [5.41, 5.74) is 1.91. The lowest BCUT2D eigenvalue weighted by molar-refractivity contribution is 0.560. The highest BCUT2D eigenvalue weighted by Gasteiger charge is 1.79. The van der Waals surface area contributed by atoms with Crippen molar-refractivity contribution in [2.75, 3.05) is 6.67 Å². The maximum atomic E-state index is 11.6. The van der Waals surface area contributed by atoms with E-state index in [9.17, 15) is 4.39 Å². The van der Waals surface area contributed by atoms with E-state index in [4.69, 9.17) is 0 Å². The van der Waals surface area contributed by atoms with Crippen LogP contribution in [0.4, 0.5) is 4.39 Å². The van der Waals surface area contributed by atoms with Crippen molar-refractivity contribution in [3.05, 3.63) is 36.0 Å². The Morgan fingerprint density at radius 1 is 1.40 bits per heavy atom. The third-order valence-corrected chi connectivity index (χ3v) is 1.03. The van der Waals surface area contributed by atoms with Crippen molar-refractivity contribution in [3.63, 3.8) is 0 Å². The molecular formula is C9H13F. The minimum absolute atomic E-state index is 0.396. The molecule has 0 aromatic carbocycles. The maximum absolute atomic E-state index is 11.6. The molecule has 0 saturated heterocycles. The van der Waals surface area contributed by atoms with E-state index in [1.54, 1.807) is 0 Å². The summed E-state index contributed by atoms with van der Waals surface area (Å²) in [5.74, 6) is 0. The topological polar surface area (TPSA) is 0 Å². The molecule has 0 aliphatic carbocycles. The molecule has 0 nitrogen and oxygen atoms in total. The van der Waals surface area contributed by atoms with Crippen LogP contribution in [0.25, 0.3) is 0 Å². The summed E-state index contributed by atoms with van der Waals surface area (Å²) in [6.07, 6.45) is 5.24.